The second-order valence-electron chi connectivity index (χ2n) is 3.93. The van der Waals surface area contributed by atoms with Gasteiger partial charge in [0, 0.05) is 17.4 Å². The first kappa shape index (κ1) is 14.0. The second kappa shape index (κ2) is 5.28. The number of aliphatic hydroxyl groups excluding tert-OH is 1. The van der Waals surface area contributed by atoms with Gasteiger partial charge < -0.3 is 15.1 Å². The molecule has 18 heavy (non-hydrogen) atoms. The minimum absolute atomic E-state index is 0.0585. The lowest BCUT2D eigenvalue weighted by Gasteiger charge is -2.20. The number of likely N-dealkylation sites (tertiary alicyclic amines) is 1. The zero-order valence-corrected chi connectivity index (χ0v) is 13.0. The Balaban J connectivity index is 2.25. The van der Waals surface area contributed by atoms with E-state index in [1.54, 1.807) is 6.07 Å². The maximum atomic E-state index is 12.2. The molecule has 0 bridgehead atoms. The molecule has 8 heteroatoms. The Morgan fingerprint density at radius 3 is 2.61 bits per heavy atom. The summed E-state index contributed by atoms with van der Waals surface area (Å²) >= 11 is 7.79. The van der Waals surface area contributed by atoms with E-state index < -0.39 is 18.1 Å². The molecule has 5 nitrogen and oxygen atoms in total. The van der Waals surface area contributed by atoms with Crippen molar-refractivity contribution in [1.82, 2.24) is 4.90 Å². The first-order valence-electron chi connectivity index (χ1n) is 5.07. The number of aliphatic carboxylic acids is 1. The number of amides is 1. The molecule has 1 aromatic heterocycles. The number of hydrogen-bond acceptors (Lipinski definition) is 4. The molecule has 2 rings (SSSR count). The molecule has 0 radical (unpaired) electrons. The Kier molecular flexibility index (Phi) is 4.10. The van der Waals surface area contributed by atoms with E-state index in [1.807, 2.05) is 0 Å². The lowest BCUT2D eigenvalue weighted by Crippen LogP contribution is -2.40. The van der Waals surface area contributed by atoms with E-state index >= 15 is 0 Å². The van der Waals surface area contributed by atoms with Gasteiger partial charge in [-0.3, -0.25) is 4.79 Å². The number of β-amino-alcohol motifs (C(OH)–C–C–N with tert-alkyl or cyclic N) is 1. The van der Waals surface area contributed by atoms with E-state index in [4.69, 9.17) is 5.11 Å². The van der Waals surface area contributed by atoms with E-state index in [2.05, 4.69) is 31.9 Å². The van der Waals surface area contributed by atoms with E-state index in [1.165, 1.54) is 16.2 Å². The molecule has 2 heterocycles. The van der Waals surface area contributed by atoms with Gasteiger partial charge in [0.1, 0.15) is 6.04 Å². The molecule has 2 N–H and O–H groups in total. The highest BCUT2D eigenvalue weighted by Gasteiger charge is 2.39. The third-order valence-electron chi connectivity index (χ3n) is 2.68. The number of aliphatic hydroxyl groups is 1. The van der Waals surface area contributed by atoms with Gasteiger partial charge in [0.25, 0.3) is 5.91 Å². The van der Waals surface area contributed by atoms with Crippen LogP contribution in [0.15, 0.2) is 14.3 Å². The summed E-state index contributed by atoms with van der Waals surface area (Å²) in [6.07, 6.45) is -0.698. The van der Waals surface area contributed by atoms with Gasteiger partial charge in [0.2, 0.25) is 0 Å². The van der Waals surface area contributed by atoms with Crippen molar-refractivity contribution in [2.75, 3.05) is 6.54 Å². The van der Waals surface area contributed by atoms with Crippen LogP contribution in [0.25, 0.3) is 0 Å². The third-order valence-corrected chi connectivity index (χ3v) is 5.93. The fraction of sp³-hybridized carbons (Fsp3) is 0.400. The van der Waals surface area contributed by atoms with Crippen LogP contribution in [0.3, 0.4) is 0 Å². The molecule has 0 aromatic carbocycles. The van der Waals surface area contributed by atoms with E-state index in [0.717, 1.165) is 8.26 Å². The highest BCUT2D eigenvalue weighted by molar-refractivity contribution is 9.13. The molecule has 2 unspecified atom stereocenters. The monoisotopic (exact) mass is 397 g/mol. The summed E-state index contributed by atoms with van der Waals surface area (Å²) in [6.45, 7) is 0.0585. The Bertz CT molecular complexity index is 485. The largest absolute Gasteiger partial charge is 0.480 e. The maximum absolute atomic E-state index is 12.2. The predicted molar refractivity (Wildman–Crippen MR) is 72.8 cm³/mol. The van der Waals surface area contributed by atoms with Crippen LogP contribution in [-0.2, 0) is 4.79 Å². The lowest BCUT2D eigenvalue weighted by molar-refractivity contribution is -0.141. The first-order valence-corrected chi connectivity index (χ1v) is 7.47. The average molecular weight is 399 g/mol. The van der Waals surface area contributed by atoms with Gasteiger partial charge in [-0.25, -0.2) is 4.79 Å². The fourth-order valence-electron chi connectivity index (χ4n) is 1.87. The Morgan fingerprint density at radius 2 is 2.11 bits per heavy atom. The van der Waals surface area contributed by atoms with Gasteiger partial charge in [-0.1, -0.05) is 0 Å². The lowest BCUT2D eigenvalue weighted by atomic mass is 10.2. The van der Waals surface area contributed by atoms with Crippen LogP contribution in [0.1, 0.15) is 16.1 Å². The van der Waals surface area contributed by atoms with Crippen LogP contribution in [0, 0.1) is 0 Å². The van der Waals surface area contributed by atoms with Crippen molar-refractivity contribution < 1.29 is 19.8 Å². The number of nitrogens with zero attached hydrogens (tertiary/aromatic N) is 1. The number of carbonyl (C=O) groups is 2. The van der Waals surface area contributed by atoms with Crippen LogP contribution in [0.5, 0.6) is 0 Å². The normalized spacial score (nSPS) is 23.4. The summed E-state index contributed by atoms with van der Waals surface area (Å²) in [5.41, 5.74) is 0. The number of hydrogen-bond donors (Lipinski definition) is 2. The molecule has 1 aromatic rings. The summed E-state index contributed by atoms with van der Waals surface area (Å²) in [4.78, 5) is 24.9. The first-order chi connectivity index (χ1) is 8.40. The van der Waals surface area contributed by atoms with Crippen molar-refractivity contribution in [3.8, 4) is 0 Å². The molecule has 0 saturated carbocycles. The summed E-state index contributed by atoms with van der Waals surface area (Å²) in [5, 5.41) is 18.5. The molecule has 1 fully saturated rings. The molecule has 98 valence electrons. The third kappa shape index (κ3) is 2.61. The quantitative estimate of drug-likeness (QED) is 0.797. The molecule has 0 aliphatic carbocycles. The average Bonchev–Trinajstić information content (AvgIpc) is 2.82. The van der Waals surface area contributed by atoms with Crippen molar-refractivity contribution in [1.29, 1.82) is 0 Å². The van der Waals surface area contributed by atoms with Crippen molar-refractivity contribution in [3.63, 3.8) is 0 Å². The van der Waals surface area contributed by atoms with Crippen molar-refractivity contribution >= 4 is 55.1 Å². The van der Waals surface area contributed by atoms with E-state index in [9.17, 15) is 14.7 Å². The molecule has 2 atom stereocenters. The van der Waals surface area contributed by atoms with Crippen molar-refractivity contribution in [3.05, 3.63) is 19.2 Å². The van der Waals surface area contributed by atoms with Gasteiger partial charge >= 0.3 is 5.97 Å². The summed E-state index contributed by atoms with van der Waals surface area (Å²) < 4.78 is 1.53. The highest BCUT2D eigenvalue weighted by Crippen LogP contribution is 2.34. The molecule has 0 spiro atoms. The number of halogens is 2. The van der Waals surface area contributed by atoms with Crippen LogP contribution < -0.4 is 0 Å². The molecule has 1 aliphatic heterocycles. The predicted octanol–water partition coefficient (Wildman–Crippen LogP) is 1.93. The SMILES string of the molecule is O=C(O)C1CC(O)CN1C(=O)c1cc(Br)c(Br)s1. The van der Waals surface area contributed by atoms with E-state index in [-0.39, 0.29) is 18.9 Å². The Hall–Kier alpha value is -0.440. The number of thiophene rings is 1. The Morgan fingerprint density at radius 1 is 1.44 bits per heavy atom. The molecule has 1 aliphatic rings. The summed E-state index contributed by atoms with van der Waals surface area (Å²) in [6, 6.07) is 0.688. The Labute approximate surface area is 124 Å². The van der Waals surface area contributed by atoms with Crippen LogP contribution in [-0.4, -0.2) is 45.7 Å². The van der Waals surface area contributed by atoms with E-state index in [0.29, 0.717) is 4.88 Å². The number of carbonyl (C=O) groups excluding carboxylic acids is 1. The minimum Gasteiger partial charge on any atom is -0.480 e. The second-order valence-corrected chi connectivity index (χ2v) is 7.16. The highest BCUT2D eigenvalue weighted by atomic mass is 79.9. The molecular formula is C10H9Br2NO4S. The maximum Gasteiger partial charge on any atom is 0.326 e. The zero-order valence-electron chi connectivity index (χ0n) is 8.97. The topological polar surface area (TPSA) is 77.8 Å². The van der Waals surface area contributed by atoms with Gasteiger partial charge in [0.05, 0.1) is 14.8 Å². The molecular weight excluding hydrogens is 390 g/mol. The van der Waals surface area contributed by atoms with Gasteiger partial charge in [0.15, 0.2) is 0 Å². The van der Waals surface area contributed by atoms with Crippen LogP contribution in [0.2, 0.25) is 0 Å². The molecule has 1 saturated heterocycles. The van der Waals surface area contributed by atoms with Crippen LogP contribution >= 0.6 is 43.2 Å². The minimum atomic E-state index is -1.09. The van der Waals surface area contributed by atoms with Gasteiger partial charge in [-0.15, -0.1) is 11.3 Å². The summed E-state index contributed by atoms with van der Waals surface area (Å²) in [5.74, 6) is -1.45. The fourth-order valence-corrected chi connectivity index (χ4v) is 3.86. The van der Waals surface area contributed by atoms with Gasteiger partial charge in [-0.2, -0.15) is 0 Å². The van der Waals surface area contributed by atoms with Crippen molar-refractivity contribution in [2.24, 2.45) is 0 Å². The zero-order chi connectivity index (χ0) is 13.4. The molecule has 1 amide bonds. The standard InChI is InChI=1S/C10H9Br2NO4S/c11-5-2-7(18-8(5)12)9(15)13-3-4(14)1-6(13)10(16)17/h2,4,6,14H,1,3H2,(H,16,17). The summed E-state index contributed by atoms with van der Waals surface area (Å²) in [7, 11) is 0. The number of carboxylic acid groups (broad SMARTS) is 1. The van der Waals surface area contributed by atoms with Crippen molar-refractivity contribution in [2.45, 2.75) is 18.6 Å². The number of rotatable bonds is 2. The smallest absolute Gasteiger partial charge is 0.326 e. The van der Waals surface area contributed by atoms with Gasteiger partial charge in [-0.05, 0) is 37.9 Å². The number of carboxylic acids is 1. The van der Waals surface area contributed by atoms with Crippen LogP contribution in [0.4, 0.5) is 0 Å².